The number of carbonyl (C=O) groups is 1. The van der Waals surface area contributed by atoms with Gasteiger partial charge in [0.25, 0.3) is 0 Å². The molecule has 12 rings (SSSR count). The molecule has 4 heterocycles. The summed E-state index contributed by atoms with van der Waals surface area (Å²) in [6, 6.07) is 23.3. The molecule has 3 aliphatic heterocycles. The molecule has 8 bridgehead atoms. The van der Waals surface area contributed by atoms with Gasteiger partial charge in [-0.3, -0.25) is 0 Å². The number of hydrogen-bond donors (Lipinski definition) is 0. The van der Waals surface area contributed by atoms with Crippen molar-refractivity contribution in [1.29, 1.82) is 0 Å². The summed E-state index contributed by atoms with van der Waals surface area (Å²) in [5.41, 5.74) is 21.9. The zero-order valence-corrected chi connectivity index (χ0v) is 40.7. The van der Waals surface area contributed by atoms with Crippen LogP contribution in [0.1, 0.15) is 128 Å². The van der Waals surface area contributed by atoms with Crippen LogP contribution in [-0.2, 0) is 44.1 Å². The third-order valence-electron chi connectivity index (χ3n) is 15.5. The Labute approximate surface area is 417 Å². The molecule has 4 aromatic rings. The summed E-state index contributed by atoms with van der Waals surface area (Å²) in [4.78, 5) is 36.4. The normalized spacial score (nSPS) is 19.3. The minimum atomic E-state index is -0.393. The molecule has 0 saturated heterocycles. The zero-order valence-electron chi connectivity index (χ0n) is 39.8. The predicted octanol–water partition coefficient (Wildman–Crippen LogP) is 6.46. The third-order valence-corrected chi connectivity index (χ3v) is 15.5. The van der Waals surface area contributed by atoms with E-state index < -0.39 is 5.95 Å². The molecule has 3 aromatic carbocycles. The van der Waals surface area contributed by atoms with Crippen molar-refractivity contribution >= 4 is 51.7 Å². The Morgan fingerprint density at radius 2 is 0.829 bits per heavy atom. The van der Waals surface area contributed by atoms with Crippen molar-refractivity contribution in [1.82, 2.24) is 4.98 Å². The van der Waals surface area contributed by atoms with Gasteiger partial charge < -0.3 is 29.4 Å². The van der Waals surface area contributed by atoms with Gasteiger partial charge in [0, 0.05) is 22.6 Å². The monoisotopic (exact) mass is 976 g/mol. The van der Waals surface area contributed by atoms with Gasteiger partial charge in [-0.1, -0.05) is 71.8 Å². The summed E-state index contributed by atoms with van der Waals surface area (Å²) < 4.78 is 15.5. The number of ether oxygens (including phenoxy) is 3. The number of allylic oxidation sites excluding steroid dienone is 7. The van der Waals surface area contributed by atoms with Gasteiger partial charge in [-0.2, -0.15) is 0 Å². The molecule has 11 heteroatoms. The van der Waals surface area contributed by atoms with Crippen molar-refractivity contribution in [2.75, 3.05) is 21.3 Å². The second-order valence-corrected chi connectivity index (χ2v) is 19.2. The van der Waals surface area contributed by atoms with Crippen LogP contribution >= 0.6 is 0 Å². The fraction of sp³-hybridized carbons (Fsp3) is 0.322. The molecule has 0 spiro atoms. The first kappa shape index (κ1) is 45.7. The molecular formula is C59H53CuN4O6-3. The van der Waals surface area contributed by atoms with Gasteiger partial charge in [0.15, 0.2) is 0 Å². The molecule has 1 radical (unpaired) electrons. The number of carbonyl (C=O) groups excluding carboxylic acids is 1. The van der Waals surface area contributed by atoms with Crippen LogP contribution in [0, 0.1) is 0 Å². The van der Waals surface area contributed by atoms with Crippen LogP contribution < -0.4 is 36.1 Å². The van der Waals surface area contributed by atoms with Crippen LogP contribution in [0.4, 0.5) is 0 Å². The number of methoxy groups -OCH3 is 3. The summed E-state index contributed by atoms with van der Waals surface area (Å²) >= 11 is 0. The standard InChI is InChI=1S/C59H56N4O6.Cu/c1-67-57(64)35-26-20-32(21-27-35)46-49-38-12-4-6-14-40(38)51(60-49)47(33-22-28-36(29-23-33)58(65)68-2)53-42-16-8-10-18-44(42)55(62-53)56-45-19-11-9-17-43(45)54(63-56)48(34-24-30-37(31-25-34)59(66)69-3)52-41-15-7-5-13-39(41)50(46)61-52;/h20-31H,4-19H2,1-3H3,(H3,60,61,62,63,64,65,66);/p-3. The summed E-state index contributed by atoms with van der Waals surface area (Å²) in [6.45, 7) is 0. The summed E-state index contributed by atoms with van der Waals surface area (Å²) in [5, 5.41) is 28.6. The number of hydrogen-bond acceptors (Lipinski definition) is 9. The fourth-order valence-electron chi connectivity index (χ4n) is 12.2. The van der Waals surface area contributed by atoms with Gasteiger partial charge in [-0.05, 0) is 200 Å². The van der Waals surface area contributed by atoms with Gasteiger partial charge in [-0.25, -0.2) is 19.8 Å². The third kappa shape index (κ3) is 7.43. The first-order valence-corrected chi connectivity index (χ1v) is 24.8. The first-order chi connectivity index (χ1) is 33.8. The molecule has 10 nitrogen and oxygen atoms in total. The van der Waals surface area contributed by atoms with Crippen molar-refractivity contribution in [3.8, 4) is 0 Å². The average Bonchev–Trinajstić information content (AvgIpc) is 4.18. The number of benzene rings is 3. The van der Waals surface area contributed by atoms with Crippen LogP contribution in [-0.4, -0.2) is 44.4 Å². The average molecular weight is 978 g/mol. The molecule has 359 valence electrons. The van der Waals surface area contributed by atoms with Crippen molar-refractivity contribution in [3.63, 3.8) is 0 Å². The van der Waals surface area contributed by atoms with Gasteiger partial charge >= 0.3 is 5.97 Å². The maximum atomic E-state index is 12.9. The van der Waals surface area contributed by atoms with Gasteiger partial charge in [0.1, 0.15) is 0 Å². The van der Waals surface area contributed by atoms with E-state index in [1.54, 1.807) is 0 Å². The van der Waals surface area contributed by atoms with Crippen LogP contribution in [0.2, 0.25) is 0 Å². The molecule has 1 aromatic heterocycles. The molecule has 8 aliphatic rings. The summed E-state index contributed by atoms with van der Waals surface area (Å²) in [5.74, 6) is -1.16. The van der Waals surface area contributed by atoms with Crippen LogP contribution in [0.3, 0.4) is 0 Å². The molecule has 0 unspecified atom stereocenters. The number of esters is 1. The molecule has 70 heavy (non-hydrogen) atoms. The zero-order chi connectivity index (χ0) is 46.9. The second kappa shape index (κ2) is 18.6. The first-order valence-electron chi connectivity index (χ1n) is 24.8. The number of aromatic nitrogens is 1. The summed E-state index contributed by atoms with van der Waals surface area (Å²) in [6.07, 6.45) is 15.5. The molecule has 0 amide bonds. The number of rotatable bonds is 4. The minimum absolute atomic E-state index is 0. The molecule has 5 aliphatic carbocycles. The van der Waals surface area contributed by atoms with E-state index in [2.05, 4.69) is 0 Å². The van der Waals surface area contributed by atoms with Crippen LogP contribution in [0.5, 0.6) is 0 Å². The van der Waals surface area contributed by atoms with E-state index >= 15 is 0 Å². The van der Waals surface area contributed by atoms with Crippen molar-refractivity contribution < 1.29 is 46.3 Å². The molecule has 0 fully saturated rings. The SMILES string of the molecule is COC(=O)c1ccc(C2=C3N=C(C4=C3CCCC4)C(=c3ccc(=C([O-])OC)cc3)c3[n-]c(c4c3CCCC4)C(=c3ccc(=C([O-])OC)cc3)C3=NC(=C4N=C2C2=C4CCCC2)C2=C3CCCC2)cc1.[Cu]. The van der Waals surface area contributed by atoms with Gasteiger partial charge in [0.2, 0.25) is 0 Å². The second-order valence-electron chi connectivity index (χ2n) is 19.2. The maximum absolute atomic E-state index is 12.9. The van der Waals surface area contributed by atoms with Crippen molar-refractivity contribution in [2.45, 2.75) is 103 Å². The Morgan fingerprint density at radius 1 is 0.457 bits per heavy atom. The predicted molar refractivity (Wildman–Crippen MR) is 264 cm³/mol. The van der Waals surface area contributed by atoms with Crippen molar-refractivity contribution in [2.24, 2.45) is 15.0 Å². The van der Waals surface area contributed by atoms with E-state index in [4.69, 9.17) is 34.2 Å². The van der Waals surface area contributed by atoms with Crippen LogP contribution in [0.15, 0.2) is 138 Å². The Balaban J connectivity index is 0.00000533. The van der Waals surface area contributed by atoms with Crippen molar-refractivity contribution in [3.05, 3.63) is 178 Å². The molecule has 0 saturated carbocycles. The Morgan fingerprint density at radius 3 is 1.24 bits per heavy atom. The topological polar surface area (TPSA) is 142 Å². The van der Waals surface area contributed by atoms with Gasteiger partial charge in [0.05, 0.1) is 58.8 Å². The summed E-state index contributed by atoms with van der Waals surface area (Å²) in [7, 11) is 4.23. The number of aliphatic imine (C=N–C) groups is 3. The molecule has 0 N–H and O–H groups in total. The Hall–Kier alpha value is -6.68. The van der Waals surface area contributed by atoms with E-state index in [9.17, 15) is 15.0 Å². The maximum Gasteiger partial charge on any atom is 0.337 e. The van der Waals surface area contributed by atoms with E-state index in [-0.39, 0.29) is 29.0 Å². The largest absolute Gasteiger partial charge is 0.656 e. The number of nitrogens with zero attached hydrogens (tertiary/aromatic N) is 4. The minimum Gasteiger partial charge on any atom is -0.656 e. The van der Waals surface area contributed by atoms with Crippen LogP contribution in [0.25, 0.3) is 28.6 Å². The smallest absolute Gasteiger partial charge is 0.337 e. The van der Waals surface area contributed by atoms with E-state index in [0.29, 0.717) is 16.0 Å². The Kier molecular flexibility index (Phi) is 12.1. The fourth-order valence-corrected chi connectivity index (χ4v) is 12.2. The van der Waals surface area contributed by atoms with E-state index in [1.165, 1.54) is 65.9 Å². The van der Waals surface area contributed by atoms with E-state index in [1.807, 2.05) is 72.8 Å². The molecular weight excluding hydrogens is 924 g/mol. The quantitative estimate of drug-likeness (QED) is 0.169. The molecule has 0 atom stereocenters. The van der Waals surface area contributed by atoms with E-state index in [0.717, 1.165) is 181 Å². The van der Waals surface area contributed by atoms with Gasteiger partial charge in [-0.15, -0.1) is 11.4 Å². The Bertz CT molecular complexity index is 3440.